The number of nitrogens with two attached hydrogens (primary N) is 1. The molecule has 0 aromatic carbocycles. The number of likely N-dealkylation sites (N-methyl/N-ethyl adjacent to an activating group) is 1. The molecule has 1 aliphatic rings. The number of hydrogen-bond acceptors (Lipinski definition) is 3. The Balaban J connectivity index is 2.34. The van der Waals surface area contributed by atoms with Gasteiger partial charge in [-0.15, -0.1) is 0 Å². The number of carbonyl (C=O) groups is 1. The Morgan fingerprint density at radius 3 is 2.61 bits per heavy atom. The molecule has 1 heterocycles. The zero-order chi connectivity index (χ0) is 13.8. The van der Waals surface area contributed by atoms with Gasteiger partial charge in [-0.2, -0.15) is 0 Å². The Morgan fingerprint density at radius 2 is 2.17 bits per heavy atom. The van der Waals surface area contributed by atoms with Crippen molar-refractivity contribution in [1.29, 1.82) is 0 Å². The van der Waals surface area contributed by atoms with E-state index in [1.165, 1.54) is 19.5 Å². The van der Waals surface area contributed by atoms with Crippen LogP contribution in [0.5, 0.6) is 0 Å². The second-order valence-electron chi connectivity index (χ2n) is 6.52. The molecule has 4 heteroatoms. The number of primary amides is 1. The van der Waals surface area contributed by atoms with E-state index in [0.29, 0.717) is 5.41 Å². The van der Waals surface area contributed by atoms with E-state index in [1.54, 1.807) is 0 Å². The summed E-state index contributed by atoms with van der Waals surface area (Å²) in [4.78, 5) is 14.0. The third-order valence-electron chi connectivity index (χ3n) is 4.02. The van der Waals surface area contributed by atoms with Crippen molar-refractivity contribution < 1.29 is 4.79 Å². The maximum Gasteiger partial charge on any atom is 0.237 e. The average molecular weight is 255 g/mol. The van der Waals surface area contributed by atoms with Crippen molar-refractivity contribution in [1.82, 2.24) is 10.2 Å². The molecule has 0 spiro atoms. The molecule has 106 valence electrons. The van der Waals surface area contributed by atoms with Crippen LogP contribution >= 0.6 is 0 Å². The monoisotopic (exact) mass is 255 g/mol. The minimum absolute atomic E-state index is 0.244. The van der Waals surface area contributed by atoms with Gasteiger partial charge in [0.15, 0.2) is 0 Å². The van der Waals surface area contributed by atoms with E-state index in [2.05, 4.69) is 24.1 Å². The highest BCUT2D eigenvalue weighted by atomic mass is 16.1. The van der Waals surface area contributed by atoms with Crippen LogP contribution in [0.25, 0.3) is 0 Å². The minimum Gasteiger partial charge on any atom is -0.368 e. The van der Waals surface area contributed by atoms with E-state index < -0.39 is 5.54 Å². The number of amides is 1. The van der Waals surface area contributed by atoms with Crippen LogP contribution in [0, 0.1) is 5.41 Å². The van der Waals surface area contributed by atoms with Crippen LogP contribution in [0.3, 0.4) is 0 Å². The fourth-order valence-electron chi connectivity index (χ4n) is 2.76. The van der Waals surface area contributed by atoms with Crippen LogP contribution < -0.4 is 11.1 Å². The van der Waals surface area contributed by atoms with Gasteiger partial charge in [0.05, 0.1) is 5.54 Å². The van der Waals surface area contributed by atoms with Crippen molar-refractivity contribution >= 4 is 5.91 Å². The van der Waals surface area contributed by atoms with Crippen molar-refractivity contribution in [2.45, 2.75) is 52.5 Å². The molecule has 1 atom stereocenters. The molecule has 0 bridgehead atoms. The summed E-state index contributed by atoms with van der Waals surface area (Å²) in [5.74, 6) is -0.244. The quantitative estimate of drug-likeness (QED) is 0.722. The first kappa shape index (κ1) is 15.4. The highest BCUT2D eigenvalue weighted by Crippen LogP contribution is 2.29. The molecule has 1 unspecified atom stereocenters. The van der Waals surface area contributed by atoms with Gasteiger partial charge in [-0.05, 0) is 51.2 Å². The second-order valence-corrected chi connectivity index (χ2v) is 6.52. The predicted octanol–water partition coefficient (Wildman–Crippen LogP) is 1.35. The van der Waals surface area contributed by atoms with Crippen molar-refractivity contribution in [3.05, 3.63) is 0 Å². The molecule has 1 aliphatic heterocycles. The lowest BCUT2D eigenvalue weighted by Crippen LogP contribution is -2.53. The van der Waals surface area contributed by atoms with Gasteiger partial charge in [-0.3, -0.25) is 4.79 Å². The third-order valence-corrected chi connectivity index (χ3v) is 4.02. The first-order valence-electron chi connectivity index (χ1n) is 7.06. The molecule has 3 N–H and O–H groups in total. The lowest BCUT2D eigenvalue weighted by atomic mass is 9.93. The average Bonchev–Trinajstić information content (AvgIpc) is 2.58. The highest BCUT2D eigenvalue weighted by molar-refractivity contribution is 5.84. The molecule has 0 aromatic heterocycles. The molecule has 0 saturated carbocycles. The highest BCUT2D eigenvalue weighted by Gasteiger charge is 2.31. The van der Waals surface area contributed by atoms with Crippen molar-refractivity contribution in [3.63, 3.8) is 0 Å². The van der Waals surface area contributed by atoms with Crippen LogP contribution in [0.2, 0.25) is 0 Å². The van der Waals surface area contributed by atoms with Gasteiger partial charge in [-0.25, -0.2) is 0 Å². The topological polar surface area (TPSA) is 58.4 Å². The van der Waals surface area contributed by atoms with Gasteiger partial charge in [0.2, 0.25) is 5.91 Å². The first-order valence-corrected chi connectivity index (χ1v) is 7.06. The van der Waals surface area contributed by atoms with E-state index in [4.69, 9.17) is 5.73 Å². The summed E-state index contributed by atoms with van der Waals surface area (Å²) < 4.78 is 0. The lowest BCUT2D eigenvalue weighted by molar-refractivity contribution is -0.124. The largest absolute Gasteiger partial charge is 0.368 e. The number of nitrogens with zero attached hydrogens (tertiary/aromatic N) is 1. The van der Waals surface area contributed by atoms with Crippen LogP contribution in [0.1, 0.15) is 47.0 Å². The summed E-state index contributed by atoms with van der Waals surface area (Å²) in [5, 5.41) is 3.21. The zero-order valence-corrected chi connectivity index (χ0v) is 12.4. The molecule has 4 nitrogen and oxygen atoms in total. The molecule has 0 aromatic rings. The summed E-state index contributed by atoms with van der Waals surface area (Å²) in [6.07, 6.45) is 3.10. The summed E-state index contributed by atoms with van der Waals surface area (Å²) in [5.41, 5.74) is 5.38. The first-order chi connectivity index (χ1) is 8.29. The normalized spacial score (nSPS) is 22.9. The van der Waals surface area contributed by atoms with Gasteiger partial charge in [-0.1, -0.05) is 20.8 Å². The van der Waals surface area contributed by atoms with Gasteiger partial charge < -0.3 is 16.0 Å². The zero-order valence-electron chi connectivity index (χ0n) is 12.4. The van der Waals surface area contributed by atoms with E-state index >= 15 is 0 Å². The molecular formula is C14H29N3O. The molecule has 1 saturated heterocycles. The summed E-state index contributed by atoms with van der Waals surface area (Å²) >= 11 is 0. The van der Waals surface area contributed by atoms with E-state index in [0.717, 1.165) is 25.9 Å². The Labute approximate surface area is 111 Å². The minimum atomic E-state index is -0.552. The van der Waals surface area contributed by atoms with Crippen LogP contribution in [-0.2, 0) is 4.79 Å². The maximum absolute atomic E-state index is 11.5. The van der Waals surface area contributed by atoms with E-state index in [1.807, 2.05) is 13.8 Å². The fraction of sp³-hybridized carbons (Fsp3) is 0.929. The summed E-state index contributed by atoms with van der Waals surface area (Å²) in [6.45, 7) is 12.7. The number of rotatable bonds is 7. The second kappa shape index (κ2) is 6.02. The van der Waals surface area contributed by atoms with Crippen LogP contribution in [0.4, 0.5) is 0 Å². The fourth-order valence-corrected chi connectivity index (χ4v) is 2.76. The molecule has 1 rings (SSSR count). The number of nitrogens with one attached hydrogen (secondary N) is 1. The number of carbonyl (C=O) groups excluding carboxylic acids is 1. The molecule has 0 radical (unpaired) electrons. The van der Waals surface area contributed by atoms with E-state index in [-0.39, 0.29) is 5.91 Å². The van der Waals surface area contributed by atoms with Gasteiger partial charge >= 0.3 is 0 Å². The lowest BCUT2D eigenvalue weighted by Gasteiger charge is -2.28. The van der Waals surface area contributed by atoms with Crippen LogP contribution in [-0.4, -0.2) is 42.5 Å². The third kappa shape index (κ3) is 4.25. The Bertz CT molecular complexity index is 291. The van der Waals surface area contributed by atoms with Gasteiger partial charge in [0, 0.05) is 6.54 Å². The van der Waals surface area contributed by atoms with Crippen molar-refractivity contribution in [2.24, 2.45) is 11.1 Å². The Morgan fingerprint density at radius 1 is 1.50 bits per heavy atom. The van der Waals surface area contributed by atoms with Gasteiger partial charge in [0.1, 0.15) is 0 Å². The van der Waals surface area contributed by atoms with Gasteiger partial charge in [0.25, 0.3) is 0 Å². The molecule has 18 heavy (non-hydrogen) atoms. The number of hydrogen-bond donors (Lipinski definition) is 2. The maximum atomic E-state index is 11.5. The Hall–Kier alpha value is -0.610. The SMILES string of the molecule is CCNC(C)(CCCN1CCC(C)(C)C1)C(N)=O. The van der Waals surface area contributed by atoms with Crippen molar-refractivity contribution in [3.8, 4) is 0 Å². The summed E-state index contributed by atoms with van der Waals surface area (Å²) in [6, 6.07) is 0. The summed E-state index contributed by atoms with van der Waals surface area (Å²) in [7, 11) is 0. The molecule has 1 fully saturated rings. The van der Waals surface area contributed by atoms with E-state index in [9.17, 15) is 4.79 Å². The molecular weight excluding hydrogens is 226 g/mol. The smallest absolute Gasteiger partial charge is 0.237 e. The standard InChI is InChI=1S/C14H29N3O/c1-5-16-14(4,12(15)18)7-6-9-17-10-8-13(2,3)11-17/h16H,5-11H2,1-4H3,(H2,15,18). The molecule has 1 amide bonds. The molecule has 0 aliphatic carbocycles. The Kier molecular flexibility index (Phi) is 5.17. The number of likely N-dealkylation sites (tertiary alicyclic amines) is 1. The van der Waals surface area contributed by atoms with Crippen molar-refractivity contribution in [2.75, 3.05) is 26.2 Å². The predicted molar refractivity (Wildman–Crippen MR) is 75.3 cm³/mol. The van der Waals surface area contributed by atoms with Crippen LogP contribution in [0.15, 0.2) is 0 Å².